The number of fused-ring (bicyclic) bond motifs is 1. The minimum absolute atomic E-state index is 0.0294. The summed E-state index contributed by atoms with van der Waals surface area (Å²) in [6.45, 7) is 2.03. The number of hydrogen-bond acceptors (Lipinski definition) is 3. The number of imidazole rings is 1. The summed E-state index contributed by atoms with van der Waals surface area (Å²) in [7, 11) is 0. The van der Waals surface area contributed by atoms with Gasteiger partial charge in [0.25, 0.3) is 0 Å². The highest BCUT2D eigenvalue weighted by atomic mass is 16.3. The van der Waals surface area contributed by atoms with Crippen molar-refractivity contribution in [2.75, 3.05) is 11.9 Å². The third kappa shape index (κ3) is 1.09. The molecule has 0 amide bonds. The fourth-order valence-electron chi connectivity index (χ4n) is 1.31. The third-order valence-electron chi connectivity index (χ3n) is 1.85. The van der Waals surface area contributed by atoms with Crippen LogP contribution < -0.4 is 5.32 Å². The van der Waals surface area contributed by atoms with Gasteiger partial charge in [0.15, 0.2) is 0 Å². The van der Waals surface area contributed by atoms with Gasteiger partial charge >= 0.3 is 0 Å². The van der Waals surface area contributed by atoms with Crippen LogP contribution in [0.25, 0.3) is 0 Å². The van der Waals surface area contributed by atoms with Gasteiger partial charge in [-0.25, -0.2) is 4.98 Å². The first kappa shape index (κ1) is 6.67. The minimum atomic E-state index is 0.0294. The predicted molar refractivity (Wildman–Crippen MR) is 41.3 cm³/mol. The molecular formula is C7H11N3O. The van der Waals surface area contributed by atoms with Crippen LogP contribution >= 0.6 is 0 Å². The fourth-order valence-corrected chi connectivity index (χ4v) is 1.31. The van der Waals surface area contributed by atoms with E-state index in [1.165, 1.54) is 0 Å². The van der Waals surface area contributed by atoms with Gasteiger partial charge in [0, 0.05) is 19.3 Å². The molecule has 1 aromatic rings. The van der Waals surface area contributed by atoms with E-state index in [0.717, 1.165) is 31.2 Å². The average Bonchev–Trinajstić information content (AvgIpc) is 2.46. The molecule has 0 radical (unpaired) electrons. The van der Waals surface area contributed by atoms with Crippen molar-refractivity contribution in [1.82, 2.24) is 9.55 Å². The molecule has 1 aromatic heterocycles. The van der Waals surface area contributed by atoms with E-state index in [1.807, 2.05) is 10.8 Å². The van der Waals surface area contributed by atoms with E-state index >= 15 is 0 Å². The summed E-state index contributed by atoms with van der Waals surface area (Å²) in [6, 6.07) is 0. The first-order chi connectivity index (χ1) is 5.40. The maximum absolute atomic E-state index is 8.78. The van der Waals surface area contributed by atoms with Crippen LogP contribution in [-0.4, -0.2) is 21.2 Å². The van der Waals surface area contributed by atoms with Crippen molar-refractivity contribution < 1.29 is 5.11 Å². The second kappa shape index (κ2) is 2.54. The standard InChI is InChI=1S/C7H11N3O/c11-5-6-4-10-3-1-2-8-7(10)9-6/h4,11H,1-3,5H2,(H,8,9). The van der Waals surface area contributed by atoms with Crippen LogP contribution in [0.15, 0.2) is 6.20 Å². The van der Waals surface area contributed by atoms with Gasteiger partial charge in [-0.05, 0) is 6.42 Å². The largest absolute Gasteiger partial charge is 0.390 e. The molecule has 2 heterocycles. The first-order valence-electron chi connectivity index (χ1n) is 3.81. The number of aliphatic hydroxyl groups is 1. The third-order valence-corrected chi connectivity index (χ3v) is 1.85. The summed E-state index contributed by atoms with van der Waals surface area (Å²) in [5, 5.41) is 11.9. The highest BCUT2D eigenvalue weighted by Gasteiger charge is 2.09. The van der Waals surface area contributed by atoms with Crippen molar-refractivity contribution in [1.29, 1.82) is 0 Å². The maximum Gasteiger partial charge on any atom is 0.203 e. The van der Waals surface area contributed by atoms with Crippen molar-refractivity contribution >= 4 is 5.95 Å². The maximum atomic E-state index is 8.78. The zero-order valence-corrected chi connectivity index (χ0v) is 6.25. The highest BCUT2D eigenvalue weighted by molar-refractivity contribution is 5.30. The lowest BCUT2D eigenvalue weighted by molar-refractivity contribution is 0.277. The monoisotopic (exact) mass is 153 g/mol. The second-order valence-corrected chi connectivity index (χ2v) is 2.69. The molecule has 0 unspecified atom stereocenters. The molecule has 11 heavy (non-hydrogen) atoms. The molecule has 0 fully saturated rings. The summed E-state index contributed by atoms with van der Waals surface area (Å²) < 4.78 is 2.04. The number of nitrogens with zero attached hydrogens (tertiary/aromatic N) is 2. The first-order valence-corrected chi connectivity index (χ1v) is 3.81. The van der Waals surface area contributed by atoms with Gasteiger partial charge in [0.2, 0.25) is 5.95 Å². The summed E-state index contributed by atoms with van der Waals surface area (Å²) in [6.07, 6.45) is 3.02. The summed E-state index contributed by atoms with van der Waals surface area (Å²) in [5.74, 6) is 0.889. The molecule has 4 nitrogen and oxygen atoms in total. The number of aromatic nitrogens is 2. The van der Waals surface area contributed by atoms with Crippen LogP contribution in [0.3, 0.4) is 0 Å². The Kier molecular flexibility index (Phi) is 1.54. The molecule has 0 saturated heterocycles. The van der Waals surface area contributed by atoms with Crippen LogP contribution in [-0.2, 0) is 13.2 Å². The van der Waals surface area contributed by atoms with Crippen LogP contribution in [0.4, 0.5) is 5.95 Å². The molecular weight excluding hydrogens is 142 g/mol. The Bertz CT molecular complexity index is 233. The lowest BCUT2D eigenvalue weighted by atomic mass is 10.4. The summed E-state index contributed by atoms with van der Waals surface area (Å²) in [5.41, 5.74) is 0.745. The smallest absolute Gasteiger partial charge is 0.203 e. The van der Waals surface area contributed by atoms with E-state index in [0.29, 0.717) is 0 Å². The van der Waals surface area contributed by atoms with Crippen molar-refractivity contribution in [2.45, 2.75) is 19.6 Å². The van der Waals surface area contributed by atoms with Crippen LogP contribution in [0.5, 0.6) is 0 Å². The Balaban J connectivity index is 2.32. The van der Waals surface area contributed by atoms with Gasteiger partial charge in [0.05, 0.1) is 12.3 Å². The molecule has 2 N–H and O–H groups in total. The van der Waals surface area contributed by atoms with Crippen LogP contribution in [0.1, 0.15) is 12.1 Å². The zero-order chi connectivity index (χ0) is 7.68. The number of aliphatic hydroxyl groups excluding tert-OH is 1. The molecule has 0 spiro atoms. The Morgan fingerprint density at radius 2 is 2.64 bits per heavy atom. The van der Waals surface area contributed by atoms with Crippen molar-refractivity contribution in [2.24, 2.45) is 0 Å². The van der Waals surface area contributed by atoms with Gasteiger partial charge in [0.1, 0.15) is 0 Å². The van der Waals surface area contributed by atoms with E-state index in [4.69, 9.17) is 5.11 Å². The molecule has 2 rings (SSSR count). The Morgan fingerprint density at radius 3 is 3.36 bits per heavy atom. The average molecular weight is 153 g/mol. The van der Waals surface area contributed by atoms with Gasteiger partial charge in [-0.3, -0.25) is 0 Å². The Labute approximate surface area is 64.9 Å². The minimum Gasteiger partial charge on any atom is -0.390 e. The fraction of sp³-hybridized carbons (Fsp3) is 0.571. The van der Waals surface area contributed by atoms with Crippen molar-refractivity contribution in [3.05, 3.63) is 11.9 Å². The topological polar surface area (TPSA) is 50.1 Å². The lowest BCUT2D eigenvalue weighted by Gasteiger charge is -2.14. The van der Waals surface area contributed by atoms with E-state index in [1.54, 1.807) is 0 Å². The second-order valence-electron chi connectivity index (χ2n) is 2.69. The number of hydrogen-bond donors (Lipinski definition) is 2. The lowest BCUT2D eigenvalue weighted by Crippen LogP contribution is -2.16. The van der Waals surface area contributed by atoms with Crippen molar-refractivity contribution in [3.8, 4) is 0 Å². The summed E-state index contributed by atoms with van der Waals surface area (Å²) in [4.78, 5) is 4.17. The van der Waals surface area contributed by atoms with E-state index in [2.05, 4.69) is 10.3 Å². The van der Waals surface area contributed by atoms with Gasteiger partial charge in [-0.2, -0.15) is 0 Å². The van der Waals surface area contributed by atoms with Crippen LogP contribution in [0.2, 0.25) is 0 Å². The Morgan fingerprint density at radius 1 is 1.73 bits per heavy atom. The molecule has 1 aliphatic rings. The number of aryl methyl sites for hydroxylation is 1. The molecule has 4 heteroatoms. The number of rotatable bonds is 1. The molecule has 0 saturated carbocycles. The summed E-state index contributed by atoms with van der Waals surface area (Å²) >= 11 is 0. The quantitative estimate of drug-likeness (QED) is 0.605. The van der Waals surface area contributed by atoms with Gasteiger partial charge in [-0.15, -0.1) is 0 Å². The van der Waals surface area contributed by atoms with Crippen molar-refractivity contribution in [3.63, 3.8) is 0 Å². The predicted octanol–water partition coefficient (Wildman–Crippen LogP) is 0.191. The SMILES string of the molecule is OCc1cn2c(n1)NCCC2. The molecule has 0 bridgehead atoms. The number of anilines is 1. The molecule has 60 valence electrons. The Hall–Kier alpha value is -1.03. The molecule has 0 atom stereocenters. The zero-order valence-electron chi connectivity index (χ0n) is 6.25. The van der Waals surface area contributed by atoms with E-state index < -0.39 is 0 Å². The normalized spacial score (nSPS) is 15.7. The van der Waals surface area contributed by atoms with E-state index in [9.17, 15) is 0 Å². The van der Waals surface area contributed by atoms with Crippen LogP contribution in [0, 0.1) is 0 Å². The molecule has 1 aliphatic heterocycles. The van der Waals surface area contributed by atoms with Gasteiger partial charge < -0.3 is 15.0 Å². The highest BCUT2D eigenvalue weighted by Crippen LogP contribution is 2.13. The van der Waals surface area contributed by atoms with E-state index in [-0.39, 0.29) is 6.61 Å². The molecule has 0 aliphatic carbocycles. The molecule has 0 aromatic carbocycles. The van der Waals surface area contributed by atoms with Gasteiger partial charge in [-0.1, -0.05) is 0 Å². The number of nitrogens with one attached hydrogen (secondary N) is 1.